The molecule has 0 aliphatic heterocycles. The Morgan fingerprint density at radius 2 is 1.89 bits per heavy atom. The molecule has 0 radical (unpaired) electrons. The second kappa shape index (κ2) is 8.00. The molecule has 9 heteroatoms. The fourth-order valence-corrected chi connectivity index (χ4v) is 3.21. The molecule has 0 aliphatic rings. The molecule has 0 saturated heterocycles. The van der Waals surface area contributed by atoms with Crippen molar-refractivity contribution in [3.63, 3.8) is 0 Å². The van der Waals surface area contributed by atoms with Gasteiger partial charge in [-0.1, -0.05) is 35.3 Å². The maximum atomic E-state index is 13.8. The van der Waals surface area contributed by atoms with Crippen molar-refractivity contribution < 1.29 is 19.0 Å². The third-order valence-corrected chi connectivity index (χ3v) is 4.68. The lowest BCUT2D eigenvalue weighted by Crippen LogP contribution is -2.09. The Labute approximate surface area is 169 Å². The maximum Gasteiger partial charge on any atom is 0.335 e. The summed E-state index contributed by atoms with van der Waals surface area (Å²) < 4.78 is 19.5. The summed E-state index contributed by atoms with van der Waals surface area (Å²) in [4.78, 5) is 19.4. The number of anilines is 1. The highest BCUT2D eigenvalue weighted by Crippen LogP contribution is 2.35. The van der Waals surface area contributed by atoms with Crippen molar-refractivity contribution in [2.75, 3.05) is 5.73 Å². The predicted molar refractivity (Wildman–Crippen MR) is 104 cm³/mol. The van der Waals surface area contributed by atoms with Gasteiger partial charge in [-0.15, -0.1) is 0 Å². The highest BCUT2D eigenvalue weighted by atomic mass is 35.5. The summed E-state index contributed by atoms with van der Waals surface area (Å²) in [5.41, 5.74) is 7.30. The van der Waals surface area contributed by atoms with Crippen LogP contribution in [0.5, 0.6) is 5.88 Å². The van der Waals surface area contributed by atoms with Gasteiger partial charge in [0.05, 0.1) is 22.5 Å². The summed E-state index contributed by atoms with van der Waals surface area (Å²) in [7, 11) is 0. The molecule has 144 valence electrons. The topological polar surface area (TPSA) is 98.3 Å². The normalized spacial score (nSPS) is 11.9. The summed E-state index contributed by atoms with van der Waals surface area (Å²) in [6, 6.07) is 8.63. The molecule has 0 bridgehead atoms. The maximum absolute atomic E-state index is 13.8. The number of carboxylic acids is 1. The zero-order valence-electron chi connectivity index (χ0n) is 14.5. The minimum atomic E-state index is -1.03. The molecule has 1 aromatic heterocycles. The molecule has 3 N–H and O–H groups in total. The molecule has 1 heterocycles. The molecule has 6 nitrogen and oxygen atoms in total. The number of nitrogens with two attached hydrogens (primary N) is 1. The van der Waals surface area contributed by atoms with Crippen LogP contribution in [0, 0.1) is 5.82 Å². The lowest BCUT2D eigenvalue weighted by molar-refractivity contribution is 0.0697. The molecular weight excluding hydrogens is 408 g/mol. The Kier molecular flexibility index (Phi) is 5.67. The molecule has 0 fully saturated rings. The van der Waals surface area contributed by atoms with Crippen LogP contribution < -0.4 is 10.5 Å². The number of ether oxygens (including phenoxy) is 1. The number of benzene rings is 2. The van der Waals surface area contributed by atoms with Crippen molar-refractivity contribution in [2.45, 2.75) is 13.0 Å². The summed E-state index contributed by atoms with van der Waals surface area (Å²) in [5.74, 6) is -1.61. The van der Waals surface area contributed by atoms with Gasteiger partial charge < -0.3 is 15.6 Å². The van der Waals surface area contributed by atoms with Crippen LogP contribution in [0.4, 0.5) is 10.2 Å². The molecule has 1 atom stereocenters. The van der Waals surface area contributed by atoms with Gasteiger partial charge in [0, 0.05) is 16.1 Å². The van der Waals surface area contributed by atoms with E-state index in [1.54, 1.807) is 19.1 Å². The third-order valence-electron chi connectivity index (χ3n) is 3.97. The van der Waals surface area contributed by atoms with E-state index in [4.69, 9.17) is 38.8 Å². The van der Waals surface area contributed by atoms with E-state index in [0.29, 0.717) is 11.3 Å². The van der Waals surface area contributed by atoms with Gasteiger partial charge in [0.15, 0.2) is 5.82 Å². The van der Waals surface area contributed by atoms with Crippen molar-refractivity contribution in [3.05, 3.63) is 69.6 Å². The summed E-state index contributed by atoms with van der Waals surface area (Å²) in [6.07, 6.45) is 0.682. The van der Waals surface area contributed by atoms with E-state index >= 15 is 0 Å². The molecule has 0 aliphatic carbocycles. The van der Waals surface area contributed by atoms with Gasteiger partial charge in [-0.05, 0) is 31.2 Å². The first-order valence-corrected chi connectivity index (χ1v) is 8.79. The molecule has 3 rings (SSSR count). The zero-order valence-corrected chi connectivity index (χ0v) is 16.0. The molecule has 3 aromatic rings. The van der Waals surface area contributed by atoms with Gasteiger partial charge in [-0.2, -0.15) is 0 Å². The largest absolute Gasteiger partial charge is 0.478 e. The first-order chi connectivity index (χ1) is 13.3. The quantitative estimate of drug-likeness (QED) is 0.561. The van der Waals surface area contributed by atoms with Crippen LogP contribution in [0.15, 0.2) is 42.6 Å². The first kappa shape index (κ1) is 19.9. The van der Waals surface area contributed by atoms with E-state index in [1.165, 1.54) is 24.4 Å². The standard InChI is InChI=1S/C19H14Cl2FN3O3/c1-9(15-12(20)6-7-13(22)16(15)21)28-18-17(23)24-8-14(25-18)10-2-4-11(5-3-10)19(26)27/h2-9H,1H3,(H2,23,24)(H,26,27). The van der Waals surface area contributed by atoms with Crippen LogP contribution in [0.1, 0.15) is 28.9 Å². The van der Waals surface area contributed by atoms with E-state index < -0.39 is 17.9 Å². The number of carbonyl (C=O) groups is 1. The number of rotatable bonds is 5. The fraction of sp³-hybridized carbons (Fsp3) is 0.105. The number of nitrogen functional groups attached to an aromatic ring is 1. The second-order valence-electron chi connectivity index (χ2n) is 5.85. The Hall–Kier alpha value is -2.90. The number of aromatic carboxylic acids is 1. The number of hydrogen-bond acceptors (Lipinski definition) is 5. The minimum Gasteiger partial charge on any atom is -0.478 e. The van der Waals surface area contributed by atoms with Crippen molar-refractivity contribution in [1.82, 2.24) is 9.97 Å². The minimum absolute atomic E-state index is 0.0173. The van der Waals surface area contributed by atoms with E-state index in [-0.39, 0.29) is 32.9 Å². The average Bonchev–Trinajstić information content (AvgIpc) is 2.67. The smallest absolute Gasteiger partial charge is 0.335 e. The average molecular weight is 422 g/mol. The third kappa shape index (κ3) is 4.00. The van der Waals surface area contributed by atoms with E-state index in [2.05, 4.69) is 9.97 Å². The number of aromatic nitrogens is 2. The number of nitrogens with zero attached hydrogens (tertiary/aromatic N) is 2. The van der Waals surface area contributed by atoms with Gasteiger partial charge in [-0.3, -0.25) is 0 Å². The number of halogens is 3. The van der Waals surface area contributed by atoms with Gasteiger partial charge in [-0.25, -0.2) is 19.2 Å². The highest BCUT2D eigenvalue weighted by Gasteiger charge is 2.20. The van der Waals surface area contributed by atoms with Crippen LogP contribution in [-0.4, -0.2) is 21.0 Å². The van der Waals surface area contributed by atoms with E-state index in [0.717, 1.165) is 6.07 Å². The van der Waals surface area contributed by atoms with Crippen molar-refractivity contribution in [3.8, 4) is 17.1 Å². The van der Waals surface area contributed by atoms with Crippen LogP contribution in [0.25, 0.3) is 11.3 Å². The van der Waals surface area contributed by atoms with E-state index in [1.807, 2.05) is 0 Å². The van der Waals surface area contributed by atoms with Gasteiger partial charge in [0.25, 0.3) is 5.88 Å². The number of hydrogen-bond donors (Lipinski definition) is 2. The fourth-order valence-electron chi connectivity index (χ4n) is 2.53. The Morgan fingerprint density at radius 1 is 1.21 bits per heavy atom. The summed E-state index contributed by atoms with van der Waals surface area (Å²) >= 11 is 12.1. The summed E-state index contributed by atoms with van der Waals surface area (Å²) in [5, 5.41) is 9.08. The van der Waals surface area contributed by atoms with Crippen molar-refractivity contribution in [1.29, 1.82) is 0 Å². The zero-order chi connectivity index (χ0) is 20.4. The van der Waals surface area contributed by atoms with Gasteiger partial charge in [0.1, 0.15) is 11.9 Å². The predicted octanol–water partition coefficient (Wildman–Crippen LogP) is 5.01. The molecule has 1 unspecified atom stereocenters. The molecule has 2 aromatic carbocycles. The SMILES string of the molecule is CC(Oc1nc(-c2ccc(C(=O)O)cc2)cnc1N)c1c(Cl)ccc(F)c1Cl. The molecule has 0 spiro atoms. The second-order valence-corrected chi connectivity index (χ2v) is 6.63. The molecule has 0 amide bonds. The van der Waals surface area contributed by atoms with E-state index in [9.17, 15) is 9.18 Å². The van der Waals surface area contributed by atoms with Crippen molar-refractivity contribution >= 4 is 35.0 Å². The van der Waals surface area contributed by atoms with Crippen LogP contribution >= 0.6 is 23.2 Å². The lowest BCUT2D eigenvalue weighted by Gasteiger charge is -2.18. The molecule has 28 heavy (non-hydrogen) atoms. The monoisotopic (exact) mass is 421 g/mol. The van der Waals surface area contributed by atoms with Crippen LogP contribution in [-0.2, 0) is 0 Å². The van der Waals surface area contributed by atoms with Gasteiger partial charge in [0.2, 0.25) is 0 Å². The number of carboxylic acid groups (broad SMARTS) is 1. The lowest BCUT2D eigenvalue weighted by atomic mass is 10.1. The van der Waals surface area contributed by atoms with Crippen LogP contribution in [0.3, 0.4) is 0 Å². The highest BCUT2D eigenvalue weighted by molar-refractivity contribution is 6.36. The molecule has 0 saturated carbocycles. The Bertz CT molecular complexity index is 1050. The van der Waals surface area contributed by atoms with Gasteiger partial charge >= 0.3 is 5.97 Å². The summed E-state index contributed by atoms with van der Waals surface area (Å²) in [6.45, 7) is 1.63. The Balaban J connectivity index is 1.92. The molecular formula is C19H14Cl2FN3O3. The Morgan fingerprint density at radius 3 is 2.54 bits per heavy atom. The first-order valence-electron chi connectivity index (χ1n) is 8.04. The van der Waals surface area contributed by atoms with Crippen LogP contribution in [0.2, 0.25) is 10.0 Å². The van der Waals surface area contributed by atoms with Crippen molar-refractivity contribution in [2.24, 2.45) is 0 Å².